The molecule has 0 aliphatic heterocycles. The largest absolute Gasteiger partial charge is 0.545 e. The molecule has 0 heterocycles. The van der Waals surface area contributed by atoms with Crippen molar-refractivity contribution in [2.45, 2.75) is 0 Å². The minimum absolute atomic E-state index is 0.167. The predicted octanol–water partition coefficient (Wildman–Crippen LogP) is 1.30. The Bertz CT molecular complexity index is 535. The van der Waals surface area contributed by atoms with Gasteiger partial charge in [-0.1, -0.05) is 30.3 Å². The fourth-order valence-corrected chi connectivity index (χ4v) is 1.54. The third-order valence-corrected chi connectivity index (χ3v) is 2.32. The van der Waals surface area contributed by atoms with Crippen molar-refractivity contribution in [2.75, 3.05) is 5.73 Å². The van der Waals surface area contributed by atoms with Crippen LogP contribution in [0.25, 0.3) is 11.1 Å². The molecule has 2 aromatic rings. The topological polar surface area (TPSA) is 66.2 Å². The molecule has 80 valence electrons. The fraction of sp³-hybridized carbons (Fsp3) is 0. The Hall–Kier alpha value is -2.29. The summed E-state index contributed by atoms with van der Waals surface area (Å²) < 4.78 is 0. The highest BCUT2D eigenvalue weighted by Gasteiger charge is 2.00. The SMILES string of the molecule is Nc1cccc(-c2cccc(C(=O)[O-])c2)c1. The highest BCUT2D eigenvalue weighted by molar-refractivity contribution is 5.87. The smallest absolute Gasteiger partial charge is 0.0715 e. The summed E-state index contributed by atoms with van der Waals surface area (Å²) in [7, 11) is 0. The van der Waals surface area contributed by atoms with Crippen LogP contribution in [0.3, 0.4) is 0 Å². The molecular weight excluding hydrogens is 202 g/mol. The van der Waals surface area contributed by atoms with E-state index in [9.17, 15) is 9.90 Å². The van der Waals surface area contributed by atoms with Gasteiger partial charge >= 0.3 is 0 Å². The number of carboxylic acid groups (broad SMARTS) is 1. The standard InChI is InChI=1S/C13H11NO2/c14-12-6-2-4-10(8-12)9-3-1-5-11(7-9)13(15)16/h1-8H,14H2,(H,15,16)/p-1. The Morgan fingerprint density at radius 2 is 1.62 bits per heavy atom. The number of hydrogen-bond donors (Lipinski definition) is 1. The Morgan fingerprint density at radius 3 is 2.25 bits per heavy atom. The number of carboxylic acids is 1. The maximum Gasteiger partial charge on any atom is 0.0715 e. The third-order valence-electron chi connectivity index (χ3n) is 2.32. The van der Waals surface area contributed by atoms with Crippen LogP contribution in [0, 0.1) is 0 Å². The summed E-state index contributed by atoms with van der Waals surface area (Å²) in [5, 5.41) is 10.7. The van der Waals surface area contributed by atoms with Crippen molar-refractivity contribution in [3.8, 4) is 11.1 Å². The van der Waals surface area contributed by atoms with Crippen molar-refractivity contribution in [3.63, 3.8) is 0 Å². The van der Waals surface area contributed by atoms with Gasteiger partial charge in [0.1, 0.15) is 0 Å². The summed E-state index contributed by atoms with van der Waals surface area (Å²) in [6.45, 7) is 0. The number of aromatic carboxylic acids is 1. The Morgan fingerprint density at radius 1 is 1.00 bits per heavy atom. The van der Waals surface area contributed by atoms with Crippen molar-refractivity contribution in [3.05, 3.63) is 54.1 Å². The van der Waals surface area contributed by atoms with E-state index < -0.39 is 5.97 Å². The van der Waals surface area contributed by atoms with Gasteiger partial charge in [-0.15, -0.1) is 0 Å². The minimum Gasteiger partial charge on any atom is -0.545 e. The predicted molar refractivity (Wildman–Crippen MR) is 60.6 cm³/mol. The Kier molecular flexibility index (Phi) is 2.60. The van der Waals surface area contributed by atoms with Crippen LogP contribution in [0.2, 0.25) is 0 Å². The van der Waals surface area contributed by atoms with Crippen LogP contribution in [0.1, 0.15) is 10.4 Å². The van der Waals surface area contributed by atoms with Gasteiger partial charge in [-0.25, -0.2) is 0 Å². The quantitative estimate of drug-likeness (QED) is 0.763. The number of hydrogen-bond acceptors (Lipinski definition) is 3. The molecule has 0 aliphatic carbocycles. The lowest BCUT2D eigenvalue weighted by molar-refractivity contribution is -0.255. The van der Waals surface area contributed by atoms with Crippen molar-refractivity contribution < 1.29 is 9.90 Å². The van der Waals surface area contributed by atoms with Gasteiger partial charge in [0.2, 0.25) is 0 Å². The molecule has 0 aromatic heterocycles. The van der Waals surface area contributed by atoms with Crippen LogP contribution < -0.4 is 10.8 Å². The molecule has 0 spiro atoms. The van der Waals surface area contributed by atoms with Gasteiger partial charge in [0.05, 0.1) is 5.97 Å². The molecule has 16 heavy (non-hydrogen) atoms. The number of carbonyl (C=O) groups is 1. The lowest BCUT2D eigenvalue weighted by atomic mass is 10.0. The van der Waals surface area contributed by atoms with Crippen LogP contribution >= 0.6 is 0 Å². The zero-order valence-electron chi connectivity index (χ0n) is 8.51. The first-order valence-electron chi connectivity index (χ1n) is 4.84. The molecule has 0 saturated heterocycles. The first-order chi connectivity index (χ1) is 7.66. The average Bonchev–Trinajstić information content (AvgIpc) is 2.29. The van der Waals surface area contributed by atoms with Gasteiger partial charge in [0.15, 0.2) is 0 Å². The monoisotopic (exact) mass is 212 g/mol. The molecule has 0 atom stereocenters. The zero-order valence-corrected chi connectivity index (χ0v) is 8.51. The van der Waals surface area contributed by atoms with E-state index in [0.717, 1.165) is 11.1 Å². The lowest BCUT2D eigenvalue weighted by Crippen LogP contribution is -2.22. The fourth-order valence-electron chi connectivity index (χ4n) is 1.54. The third kappa shape index (κ3) is 2.03. The van der Waals surface area contributed by atoms with Crippen molar-refractivity contribution >= 4 is 11.7 Å². The molecule has 0 aliphatic rings. The van der Waals surface area contributed by atoms with E-state index in [2.05, 4.69) is 0 Å². The van der Waals surface area contributed by atoms with Crippen LogP contribution in [0.4, 0.5) is 5.69 Å². The maximum atomic E-state index is 10.7. The molecule has 0 saturated carbocycles. The molecule has 3 heteroatoms. The zero-order chi connectivity index (χ0) is 11.5. The summed E-state index contributed by atoms with van der Waals surface area (Å²) in [6, 6.07) is 13.9. The summed E-state index contributed by atoms with van der Waals surface area (Å²) in [4.78, 5) is 10.7. The van der Waals surface area contributed by atoms with E-state index >= 15 is 0 Å². The van der Waals surface area contributed by atoms with E-state index in [1.165, 1.54) is 6.07 Å². The lowest BCUT2D eigenvalue weighted by Gasteiger charge is -2.06. The second-order valence-corrected chi connectivity index (χ2v) is 3.49. The number of anilines is 1. The molecule has 3 nitrogen and oxygen atoms in total. The molecule has 2 rings (SSSR count). The number of nitrogens with two attached hydrogens (primary N) is 1. The first-order valence-corrected chi connectivity index (χ1v) is 4.84. The van der Waals surface area contributed by atoms with E-state index in [0.29, 0.717) is 5.69 Å². The average molecular weight is 212 g/mol. The molecule has 0 radical (unpaired) electrons. The molecular formula is C13H10NO2-. The molecule has 0 amide bonds. The normalized spacial score (nSPS) is 10.0. The number of rotatable bonds is 2. The van der Waals surface area contributed by atoms with Gasteiger partial charge in [0, 0.05) is 5.69 Å². The van der Waals surface area contributed by atoms with Gasteiger partial charge in [-0.05, 0) is 34.9 Å². The van der Waals surface area contributed by atoms with Crippen LogP contribution in [-0.4, -0.2) is 5.97 Å². The molecule has 0 fully saturated rings. The Balaban J connectivity index is 2.48. The van der Waals surface area contributed by atoms with E-state index in [-0.39, 0.29) is 5.56 Å². The van der Waals surface area contributed by atoms with E-state index in [1.54, 1.807) is 24.3 Å². The highest BCUT2D eigenvalue weighted by Crippen LogP contribution is 2.22. The second-order valence-electron chi connectivity index (χ2n) is 3.49. The number of carbonyl (C=O) groups excluding carboxylic acids is 1. The van der Waals surface area contributed by atoms with Gasteiger partial charge < -0.3 is 15.6 Å². The minimum atomic E-state index is -1.18. The number of nitrogen functional groups attached to an aromatic ring is 1. The molecule has 2 N–H and O–H groups in total. The molecule has 2 aromatic carbocycles. The van der Waals surface area contributed by atoms with E-state index in [4.69, 9.17) is 5.73 Å². The summed E-state index contributed by atoms with van der Waals surface area (Å²) in [5.74, 6) is -1.18. The van der Waals surface area contributed by atoms with Crippen molar-refractivity contribution in [2.24, 2.45) is 0 Å². The second kappa shape index (κ2) is 4.06. The molecule has 0 bridgehead atoms. The molecule has 0 unspecified atom stereocenters. The maximum absolute atomic E-state index is 10.7. The first kappa shape index (κ1) is 10.2. The number of benzene rings is 2. The van der Waals surface area contributed by atoms with Crippen LogP contribution in [-0.2, 0) is 0 Å². The van der Waals surface area contributed by atoms with E-state index in [1.807, 2.05) is 18.2 Å². The van der Waals surface area contributed by atoms with Gasteiger partial charge in [-0.2, -0.15) is 0 Å². The summed E-state index contributed by atoms with van der Waals surface area (Å²) >= 11 is 0. The van der Waals surface area contributed by atoms with Crippen LogP contribution in [0.5, 0.6) is 0 Å². The van der Waals surface area contributed by atoms with Crippen LogP contribution in [0.15, 0.2) is 48.5 Å². The van der Waals surface area contributed by atoms with Crippen molar-refractivity contribution in [1.29, 1.82) is 0 Å². The summed E-state index contributed by atoms with van der Waals surface area (Å²) in [6.07, 6.45) is 0. The van der Waals surface area contributed by atoms with Gasteiger partial charge in [0.25, 0.3) is 0 Å². The van der Waals surface area contributed by atoms with Gasteiger partial charge in [-0.3, -0.25) is 0 Å². The summed E-state index contributed by atoms with van der Waals surface area (Å²) in [5.41, 5.74) is 8.19. The van der Waals surface area contributed by atoms with Crippen molar-refractivity contribution in [1.82, 2.24) is 0 Å². The Labute approximate surface area is 93.1 Å². The highest BCUT2D eigenvalue weighted by atomic mass is 16.4.